The van der Waals surface area contributed by atoms with Crippen molar-refractivity contribution in [3.8, 4) is 5.75 Å². The minimum absolute atomic E-state index is 0.0684. The first-order valence-corrected chi connectivity index (χ1v) is 7.46. The lowest BCUT2D eigenvalue weighted by molar-refractivity contribution is -0.107. The summed E-state index contributed by atoms with van der Waals surface area (Å²) < 4.78 is 6.42. The summed E-state index contributed by atoms with van der Waals surface area (Å²) in [6.45, 7) is 0. The zero-order valence-electron chi connectivity index (χ0n) is 11.3. The Balaban J connectivity index is 1.62. The fourth-order valence-corrected chi connectivity index (χ4v) is 5.05. The second kappa shape index (κ2) is 3.81. The normalized spacial score (nSPS) is 39.5. The van der Waals surface area contributed by atoms with Crippen molar-refractivity contribution in [2.24, 2.45) is 17.8 Å². The SMILES string of the molecule is Nc1ccc(OC23CC4CC(CC(C4)C2)C3)c(N)c1. The van der Waals surface area contributed by atoms with Crippen LogP contribution in [0.25, 0.3) is 0 Å². The van der Waals surface area contributed by atoms with Crippen molar-refractivity contribution in [2.75, 3.05) is 11.5 Å². The Bertz CT molecular complexity index is 476. The van der Waals surface area contributed by atoms with Crippen LogP contribution in [-0.4, -0.2) is 5.60 Å². The van der Waals surface area contributed by atoms with Gasteiger partial charge in [0.25, 0.3) is 0 Å². The molecule has 0 aliphatic heterocycles. The standard InChI is InChI=1S/C16H22N2O/c17-13-1-2-15(14(18)6-13)19-16-7-10-3-11(8-16)5-12(4-10)9-16/h1-2,6,10-12H,3-5,7-9,17-18H2. The molecule has 4 aliphatic rings. The molecule has 0 heterocycles. The molecule has 4 N–H and O–H groups in total. The maximum Gasteiger partial charge on any atom is 0.143 e. The summed E-state index contributed by atoms with van der Waals surface area (Å²) in [4.78, 5) is 0. The van der Waals surface area contributed by atoms with Crippen LogP contribution in [0.2, 0.25) is 0 Å². The van der Waals surface area contributed by atoms with Crippen molar-refractivity contribution in [3.05, 3.63) is 18.2 Å². The molecule has 1 aromatic rings. The number of hydrogen-bond donors (Lipinski definition) is 2. The highest BCUT2D eigenvalue weighted by Gasteiger charge is 2.52. The number of rotatable bonds is 2. The van der Waals surface area contributed by atoms with Crippen LogP contribution in [0.15, 0.2) is 18.2 Å². The van der Waals surface area contributed by atoms with E-state index in [-0.39, 0.29) is 5.60 Å². The van der Waals surface area contributed by atoms with Gasteiger partial charge in [0.1, 0.15) is 11.4 Å². The average molecular weight is 258 g/mol. The fourth-order valence-electron chi connectivity index (χ4n) is 5.05. The van der Waals surface area contributed by atoms with Gasteiger partial charge in [-0.25, -0.2) is 0 Å². The van der Waals surface area contributed by atoms with Crippen LogP contribution in [0.1, 0.15) is 38.5 Å². The summed E-state index contributed by atoms with van der Waals surface area (Å²) >= 11 is 0. The first kappa shape index (κ1) is 11.4. The van der Waals surface area contributed by atoms with E-state index in [1.807, 2.05) is 12.1 Å². The summed E-state index contributed by atoms with van der Waals surface area (Å²) in [7, 11) is 0. The maximum absolute atomic E-state index is 6.42. The Morgan fingerprint density at radius 1 is 0.947 bits per heavy atom. The first-order chi connectivity index (χ1) is 9.12. The van der Waals surface area contributed by atoms with Crippen LogP contribution in [-0.2, 0) is 0 Å². The van der Waals surface area contributed by atoms with Crippen molar-refractivity contribution in [1.82, 2.24) is 0 Å². The Kier molecular flexibility index (Phi) is 2.30. The minimum Gasteiger partial charge on any atom is -0.485 e. The average Bonchev–Trinajstić information content (AvgIpc) is 2.31. The Morgan fingerprint density at radius 2 is 1.53 bits per heavy atom. The van der Waals surface area contributed by atoms with Gasteiger partial charge in [0, 0.05) is 5.69 Å². The van der Waals surface area contributed by atoms with E-state index in [0.717, 1.165) is 23.5 Å². The Hall–Kier alpha value is -1.38. The van der Waals surface area contributed by atoms with Gasteiger partial charge >= 0.3 is 0 Å². The molecule has 0 spiro atoms. The first-order valence-electron chi connectivity index (χ1n) is 7.46. The zero-order chi connectivity index (χ0) is 13.0. The van der Waals surface area contributed by atoms with Crippen LogP contribution in [0.5, 0.6) is 5.75 Å². The highest BCUT2D eigenvalue weighted by molar-refractivity contribution is 5.60. The van der Waals surface area contributed by atoms with Gasteiger partial charge in [0.15, 0.2) is 0 Å². The third-order valence-electron chi connectivity index (χ3n) is 5.34. The van der Waals surface area contributed by atoms with Crippen LogP contribution in [0, 0.1) is 17.8 Å². The van der Waals surface area contributed by atoms with Gasteiger partial charge in [-0.05, 0) is 74.5 Å². The highest BCUT2D eigenvalue weighted by Crippen LogP contribution is 2.57. The molecule has 4 aliphatic carbocycles. The van der Waals surface area contributed by atoms with E-state index >= 15 is 0 Å². The monoisotopic (exact) mass is 258 g/mol. The van der Waals surface area contributed by atoms with E-state index < -0.39 is 0 Å². The number of benzene rings is 1. The van der Waals surface area contributed by atoms with Gasteiger partial charge in [-0.15, -0.1) is 0 Å². The maximum atomic E-state index is 6.42. The van der Waals surface area contributed by atoms with Crippen molar-refractivity contribution >= 4 is 11.4 Å². The van der Waals surface area contributed by atoms with Gasteiger partial charge in [0.05, 0.1) is 5.69 Å². The summed E-state index contributed by atoms with van der Waals surface area (Å²) in [5.41, 5.74) is 13.2. The lowest BCUT2D eigenvalue weighted by Gasteiger charge is -2.56. The van der Waals surface area contributed by atoms with E-state index in [1.165, 1.54) is 38.5 Å². The molecule has 5 rings (SSSR count). The second-order valence-corrected chi connectivity index (χ2v) is 7.00. The van der Waals surface area contributed by atoms with Gasteiger partial charge in [0.2, 0.25) is 0 Å². The molecule has 4 saturated carbocycles. The minimum atomic E-state index is 0.0684. The molecular formula is C16H22N2O. The second-order valence-electron chi connectivity index (χ2n) is 7.00. The summed E-state index contributed by atoms with van der Waals surface area (Å²) in [5, 5.41) is 0. The predicted octanol–water partition coefficient (Wildman–Crippen LogP) is 3.20. The lowest BCUT2D eigenvalue weighted by Crippen LogP contribution is -2.53. The Labute approximate surface area is 114 Å². The topological polar surface area (TPSA) is 61.3 Å². The fraction of sp³-hybridized carbons (Fsp3) is 0.625. The van der Waals surface area contributed by atoms with Crippen molar-refractivity contribution in [3.63, 3.8) is 0 Å². The predicted molar refractivity (Wildman–Crippen MR) is 76.8 cm³/mol. The number of hydrogen-bond acceptors (Lipinski definition) is 3. The van der Waals surface area contributed by atoms with Gasteiger partial charge in [-0.1, -0.05) is 0 Å². The molecule has 0 aromatic heterocycles. The highest BCUT2D eigenvalue weighted by atomic mass is 16.5. The van der Waals surface area contributed by atoms with E-state index in [4.69, 9.17) is 16.2 Å². The van der Waals surface area contributed by atoms with Crippen LogP contribution >= 0.6 is 0 Å². The number of nitrogens with two attached hydrogens (primary N) is 2. The van der Waals surface area contributed by atoms with Gasteiger partial charge in [-0.3, -0.25) is 0 Å². The van der Waals surface area contributed by atoms with Gasteiger partial charge < -0.3 is 16.2 Å². The smallest absolute Gasteiger partial charge is 0.143 e. The largest absolute Gasteiger partial charge is 0.485 e. The molecule has 1 aromatic carbocycles. The molecule has 19 heavy (non-hydrogen) atoms. The molecule has 4 fully saturated rings. The van der Waals surface area contributed by atoms with Crippen LogP contribution in [0.3, 0.4) is 0 Å². The summed E-state index contributed by atoms with van der Waals surface area (Å²) in [6.07, 6.45) is 7.97. The van der Waals surface area contributed by atoms with E-state index in [9.17, 15) is 0 Å². The Morgan fingerprint density at radius 3 is 2.05 bits per heavy atom. The lowest BCUT2D eigenvalue weighted by atomic mass is 9.54. The van der Waals surface area contributed by atoms with Crippen molar-refractivity contribution in [2.45, 2.75) is 44.1 Å². The molecule has 0 radical (unpaired) electrons. The van der Waals surface area contributed by atoms with E-state index in [2.05, 4.69) is 0 Å². The number of anilines is 2. The molecule has 0 atom stereocenters. The third-order valence-corrected chi connectivity index (χ3v) is 5.34. The number of ether oxygens (including phenoxy) is 1. The van der Waals surface area contributed by atoms with Gasteiger partial charge in [-0.2, -0.15) is 0 Å². The van der Waals surface area contributed by atoms with Crippen molar-refractivity contribution < 1.29 is 4.74 Å². The molecule has 0 amide bonds. The zero-order valence-corrected chi connectivity index (χ0v) is 11.3. The molecule has 0 unspecified atom stereocenters. The quantitative estimate of drug-likeness (QED) is 0.801. The molecule has 0 saturated heterocycles. The molecule has 102 valence electrons. The molecule has 3 heteroatoms. The van der Waals surface area contributed by atoms with Crippen molar-refractivity contribution in [1.29, 1.82) is 0 Å². The molecular weight excluding hydrogens is 236 g/mol. The third kappa shape index (κ3) is 1.87. The molecule has 4 bridgehead atoms. The van der Waals surface area contributed by atoms with E-state index in [0.29, 0.717) is 11.4 Å². The van der Waals surface area contributed by atoms with Crippen LogP contribution < -0.4 is 16.2 Å². The summed E-state index contributed by atoms with van der Waals surface area (Å²) in [5.74, 6) is 3.50. The number of nitrogen functional groups attached to an aromatic ring is 2. The molecule has 3 nitrogen and oxygen atoms in total. The van der Waals surface area contributed by atoms with E-state index in [1.54, 1.807) is 6.07 Å². The van der Waals surface area contributed by atoms with Crippen LogP contribution in [0.4, 0.5) is 11.4 Å². The summed E-state index contributed by atoms with van der Waals surface area (Å²) in [6, 6.07) is 5.62.